The Morgan fingerprint density at radius 3 is 2.80 bits per heavy atom. The second kappa shape index (κ2) is 6.99. The molecule has 0 radical (unpaired) electrons. The number of rotatable bonds is 6. The largest absolute Gasteiger partial charge is 0.468 e. The molecule has 0 unspecified atom stereocenters. The van der Waals surface area contributed by atoms with Crippen LogP contribution in [0.4, 0.5) is 0 Å². The molecule has 7 nitrogen and oxygen atoms in total. The molecule has 1 aromatic heterocycles. The first kappa shape index (κ1) is 16.1. The molecule has 0 atom stereocenters. The zero-order valence-corrected chi connectivity index (χ0v) is 12.6. The number of amides is 1. The van der Waals surface area contributed by atoms with E-state index in [0.717, 1.165) is 0 Å². The second-order valence-corrected chi connectivity index (χ2v) is 4.86. The van der Waals surface area contributed by atoms with Gasteiger partial charge in [0.05, 0.1) is 12.1 Å². The van der Waals surface area contributed by atoms with Gasteiger partial charge in [-0.25, -0.2) is 4.98 Å². The van der Waals surface area contributed by atoms with Crippen molar-refractivity contribution in [1.82, 2.24) is 14.5 Å². The maximum atomic E-state index is 12.0. The van der Waals surface area contributed by atoms with Crippen LogP contribution in [0.15, 0.2) is 10.9 Å². The Morgan fingerprint density at radius 2 is 2.25 bits per heavy atom. The van der Waals surface area contributed by atoms with Gasteiger partial charge in [0.1, 0.15) is 6.54 Å². The van der Waals surface area contributed by atoms with Gasteiger partial charge in [-0.2, -0.15) is 0 Å². The van der Waals surface area contributed by atoms with E-state index < -0.39 is 0 Å². The third-order valence-electron chi connectivity index (χ3n) is 2.70. The Morgan fingerprint density at radius 1 is 1.60 bits per heavy atom. The number of hydrogen-bond acceptors (Lipinski definition) is 5. The van der Waals surface area contributed by atoms with Crippen molar-refractivity contribution in [2.45, 2.75) is 19.9 Å². The summed E-state index contributed by atoms with van der Waals surface area (Å²) in [6.07, 6.45) is 0.440. The van der Waals surface area contributed by atoms with Crippen LogP contribution < -0.4 is 16.0 Å². The fourth-order valence-electron chi connectivity index (χ4n) is 1.55. The number of methoxy groups -OCH3 is 1. The van der Waals surface area contributed by atoms with E-state index in [4.69, 9.17) is 22.7 Å². The molecule has 0 aliphatic carbocycles. The van der Waals surface area contributed by atoms with Gasteiger partial charge in [-0.05, 0) is 6.92 Å². The van der Waals surface area contributed by atoms with E-state index in [0.29, 0.717) is 23.6 Å². The summed E-state index contributed by atoms with van der Waals surface area (Å²) in [5.74, 6) is -0.243. The quantitative estimate of drug-likeness (QED) is 0.725. The highest BCUT2D eigenvalue weighted by atomic mass is 32.1. The molecule has 0 spiro atoms. The Bertz CT molecular complexity index is 570. The van der Waals surface area contributed by atoms with E-state index in [9.17, 15) is 9.59 Å². The number of likely N-dealkylation sites (N-methyl/N-ethyl adjacent to an activating group) is 1. The standard InChI is InChI=1S/C12H18N4O3S/c1-8-6-10(17)16(12(14-8)19-3)7-11(18)15(2)5-4-9(13)20/h6H,4-5,7H2,1-3H3,(H2,13,20). The van der Waals surface area contributed by atoms with Gasteiger partial charge < -0.3 is 15.4 Å². The minimum atomic E-state index is -0.328. The number of carbonyl (C=O) groups is 1. The number of nitrogens with zero attached hydrogens (tertiary/aromatic N) is 3. The fourth-order valence-corrected chi connectivity index (χ4v) is 1.65. The molecule has 0 saturated heterocycles. The van der Waals surface area contributed by atoms with Crippen molar-refractivity contribution in [3.8, 4) is 6.01 Å². The highest BCUT2D eigenvalue weighted by Crippen LogP contribution is 2.05. The number of thiocarbonyl (C=S) groups is 1. The summed E-state index contributed by atoms with van der Waals surface area (Å²) in [5, 5.41) is 0. The highest BCUT2D eigenvalue weighted by Gasteiger charge is 2.14. The van der Waals surface area contributed by atoms with E-state index in [1.54, 1.807) is 14.0 Å². The predicted octanol–water partition coefficient (Wildman–Crippen LogP) is -0.305. The van der Waals surface area contributed by atoms with Crippen molar-refractivity contribution in [2.75, 3.05) is 20.7 Å². The lowest BCUT2D eigenvalue weighted by Gasteiger charge is -2.18. The molecule has 110 valence electrons. The minimum Gasteiger partial charge on any atom is -0.468 e. The van der Waals surface area contributed by atoms with Crippen molar-refractivity contribution in [2.24, 2.45) is 5.73 Å². The number of carbonyl (C=O) groups excluding carboxylic acids is 1. The van der Waals surface area contributed by atoms with Crippen molar-refractivity contribution < 1.29 is 9.53 Å². The van der Waals surface area contributed by atoms with Crippen LogP contribution in [0.2, 0.25) is 0 Å². The smallest absolute Gasteiger partial charge is 0.299 e. The lowest BCUT2D eigenvalue weighted by atomic mass is 10.3. The summed E-state index contributed by atoms with van der Waals surface area (Å²) < 4.78 is 6.21. The lowest BCUT2D eigenvalue weighted by Crippen LogP contribution is -2.36. The van der Waals surface area contributed by atoms with Crippen LogP contribution in [-0.2, 0) is 11.3 Å². The summed E-state index contributed by atoms with van der Waals surface area (Å²) in [6, 6.07) is 1.47. The molecule has 1 heterocycles. The minimum absolute atomic E-state index is 0.117. The molecule has 0 saturated carbocycles. The zero-order valence-electron chi connectivity index (χ0n) is 11.8. The van der Waals surface area contributed by atoms with Gasteiger partial charge in [0.2, 0.25) is 5.91 Å². The van der Waals surface area contributed by atoms with Gasteiger partial charge >= 0.3 is 0 Å². The first-order valence-corrected chi connectivity index (χ1v) is 6.40. The van der Waals surface area contributed by atoms with Crippen molar-refractivity contribution in [3.05, 3.63) is 22.1 Å². The van der Waals surface area contributed by atoms with Gasteiger partial charge in [-0.3, -0.25) is 14.2 Å². The summed E-state index contributed by atoms with van der Waals surface area (Å²) in [7, 11) is 3.03. The van der Waals surface area contributed by atoms with Crippen LogP contribution in [0.1, 0.15) is 12.1 Å². The van der Waals surface area contributed by atoms with Crippen LogP contribution >= 0.6 is 12.2 Å². The first-order chi connectivity index (χ1) is 9.35. The Hall–Kier alpha value is -1.96. The van der Waals surface area contributed by atoms with Gasteiger partial charge in [0.15, 0.2) is 0 Å². The Balaban J connectivity index is 2.85. The van der Waals surface area contributed by atoms with E-state index in [1.807, 2.05) is 0 Å². The molecular formula is C12H18N4O3S. The maximum absolute atomic E-state index is 12.0. The number of aryl methyl sites for hydroxylation is 1. The third-order valence-corrected chi connectivity index (χ3v) is 2.90. The molecule has 8 heteroatoms. The molecule has 0 bridgehead atoms. The fraction of sp³-hybridized carbons (Fsp3) is 0.500. The normalized spacial score (nSPS) is 10.2. The zero-order chi connectivity index (χ0) is 15.3. The molecule has 2 N–H and O–H groups in total. The summed E-state index contributed by atoms with van der Waals surface area (Å²) in [4.78, 5) is 29.8. The lowest BCUT2D eigenvalue weighted by molar-refractivity contribution is -0.130. The average Bonchev–Trinajstić information content (AvgIpc) is 2.38. The monoisotopic (exact) mass is 298 g/mol. The molecule has 0 aromatic carbocycles. The van der Waals surface area contributed by atoms with Gasteiger partial charge in [0, 0.05) is 31.8 Å². The molecule has 1 amide bonds. The average molecular weight is 298 g/mol. The highest BCUT2D eigenvalue weighted by molar-refractivity contribution is 7.80. The van der Waals surface area contributed by atoms with E-state index in [-0.39, 0.29) is 24.0 Å². The molecule has 1 aromatic rings. The maximum Gasteiger partial charge on any atom is 0.299 e. The predicted molar refractivity (Wildman–Crippen MR) is 78.8 cm³/mol. The van der Waals surface area contributed by atoms with Crippen LogP contribution in [-0.4, -0.2) is 46.0 Å². The molecule has 1 rings (SSSR count). The Kier molecular flexibility index (Phi) is 5.63. The second-order valence-electron chi connectivity index (χ2n) is 4.34. The van der Waals surface area contributed by atoms with Gasteiger partial charge in [0.25, 0.3) is 11.6 Å². The molecular weight excluding hydrogens is 280 g/mol. The number of nitrogens with two attached hydrogens (primary N) is 1. The first-order valence-electron chi connectivity index (χ1n) is 6.00. The number of aromatic nitrogens is 2. The van der Waals surface area contributed by atoms with Gasteiger partial charge in [-0.1, -0.05) is 12.2 Å². The summed E-state index contributed by atoms with van der Waals surface area (Å²) >= 11 is 4.76. The molecule has 20 heavy (non-hydrogen) atoms. The van der Waals surface area contributed by atoms with E-state index >= 15 is 0 Å². The van der Waals surface area contributed by atoms with E-state index in [2.05, 4.69) is 4.98 Å². The van der Waals surface area contributed by atoms with E-state index in [1.165, 1.54) is 22.6 Å². The van der Waals surface area contributed by atoms with Crippen LogP contribution in [0, 0.1) is 6.92 Å². The van der Waals surface area contributed by atoms with Crippen molar-refractivity contribution in [1.29, 1.82) is 0 Å². The molecule has 0 aliphatic heterocycles. The number of hydrogen-bond donors (Lipinski definition) is 1. The number of ether oxygens (including phenoxy) is 1. The SMILES string of the molecule is COc1nc(C)cc(=O)n1CC(=O)N(C)CCC(N)=S. The Labute approximate surface area is 122 Å². The molecule has 0 aliphatic rings. The van der Waals surface area contributed by atoms with Crippen molar-refractivity contribution in [3.63, 3.8) is 0 Å². The summed E-state index contributed by atoms with van der Waals surface area (Å²) in [6.45, 7) is 1.96. The van der Waals surface area contributed by atoms with Crippen LogP contribution in [0.3, 0.4) is 0 Å². The van der Waals surface area contributed by atoms with Crippen LogP contribution in [0.5, 0.6) is 6.01 Å². The van der Waals surface area contributed by atoms with Crippen LogP contribution in [0.25, 0.3) is 0 Å². The summed E-state index contributed by atoms with van der Waals surface area (Å²) in [5.41, 5.74) is 5.60. The topological polar surface area (TPSA) is 90.4 Å². The third kappa shape index (κ3) is 4.30. The van der Waals surface area contributed by atoms with Crippen molar-refractivity contribution >= 4 is 23.1 Å². The molecule has 0 fully saturated rings. The van der Waals surface area contributed by atoms with Gasteiger partial charge in [-0.15, -0.1) is 0 Å².